The Hall–Kier alpha value is -3.24. The van der Waals surface area contributed by atoms with Gasteiger partial charge in [-0.3, -0.25) is 9.10 Å². The summed E-state index contributed by atoms with van der Waals surface area (Å²) in [5, 5.41) is 1.84. The number of halogens is 4. The number of ether oxygens (including phenoxy) is 1. The molecule has 0 fully saturated rings. The van der Waals surface area contributed by atoms with Crippen LogP contribution in [0.4, 0.5) is 24.5 Å². The van der Waals surface area contributed by atoms with Gasteiger partial charge in [0.05, 0.1) is 21.2 Å². The normalized spacial score (nSPS) is 11.7. The average molecular weight is 513 g/mol. The molecule has 0 bridgehead atoms. The third kappa shape index (κ3) is 6.00. The largest absolute Gasteiger partial charge is 0.484 e. The smallest absolute Gasteiger partial charge is 0.417 e. The number of hydrogen-bond donors (Lipinski definition) is 1. The molecule has 0 spiro atoms. The van der Waals surface area contributed by atoms with Gasteiger partial charge in [0.15, 0.2) is 6.61 Å². The first-order chi connectivity index (χ1) is 15.9. The molecule has 0 heterocycles. The first-order valence-electron chi connectivity index (χ1n) is 9.83. The number of aryl methyl sites for hydroxylation is 1. The molecule has 34 heavy (non-hydrogen) atoms. The van der Waals surface area contributed by atoms with Gasteiger partial charge in [-0.05, 0) is 61.5 Å². The van der Waals surface area contributed by atoms with Crippen LogP contribution < -0.4 is 14.4 Å². The van der Waals surface area contributed by atoms with Crippen molar-refractivity contribution in [3.8, 4) is 5.75 Å². The Morgan fingerprint density at radius 3 is 2.24 bits per heavy atom. The molecule has 1 N–H and O–H groups in total. The molecule has 6 nitrogen and oxygen atoms in total. The fourth-order valence-corrected chi connectivity index (χ4v) is 4.35. The lowest BCUT2D eigenvalue weighted by Crippen LogP contribution is -2.26. The Morgan fingerprint density at radius 1 is 1.03 bits per heavy atom. The van der Waals surface area contributed by atoms with Crippen LogP contribution in [0.15, 0.2) is 71.6 Å². The summed E-state index contributed by atoms with van der Waals surface area (Å²) in [4.78, 5) is 12.2. The Balaban J connectivity index is 1.62. The van der Waals surface area contributed by atoms with E-state index in [9.17, 15) is 26.4 Å². The van der Waals surface area contributed by atoms with Gasteiger partial charge in [0.2, 0.25) is 0 Å². The number of carbonyl (C=O) groups excluding carboxylic acids is 1. The number of carbonyl (C=O) groups is 1. The van der Waals surface area contributed by atoms with Crippen LogP contribution in [0, 0.1) is 6.92 Å². The van der Waals surface area contributed by atoms with E-state index in [2.05, 4.69) is 5.32 Å². The molecule has 0 saturated carbocycles. The lowest BCUT2D eigenvalue weighted by Gasteiger charge is -2.20. The molecule has 0 aliphatic heterocycles. The second-order valence-corrected chi connectivity index (χ2v) is 9.69. The molecule has 3 aromatic carbocycles. The van der Waals surface area contributed by atoms with Crippen LogP contribution in [0.25, 0.3) is 0 Å². The van der Waals surface area contributed by atoms with Gasteiger partial charge in [0.1, 0.15) is 5.75 Å². The monoisotopic (exact) mass is 512 g/mol. The quantitative estimate of drug-likeness (QED) is 0.453. The third-order valence-corrected chi connectivity index (χ3v) is 6.93. The van der Waals surface area contributed by atoms with Crippen molar-refractivity contribution in [1.29, 1.82) is 0 Å². The zero-order chi connectivity index (χ0) is 25.1. The van der Waals surface area contributed by atoms with E-state index in [0.717, 1.165) is 22.0 Å². The van der Waals surface area contributed by atoms with Crippen molar-refractivity contribution in [1.82, 2.24) is 0 Å². The average Bonchev–Trinajstić information content (AvgIpc) is 2.78. The van der Waals surface area contributed by atoms with Gasteiger partial charge in [0, 0.05) is 12.7 Å². The van der Waals surface area contributed by atoms with Gasteiger partial charge in [0.25, 0.3) is 15.9 Å². The summed E-state index contributed by atoms with van der Waals surface area (Å²) < 4.78 is 70.9. The molecular formula is C23H20ClF3N2O4S. The summed E-state index contributed by atoms with van der Waals surface area (Å²) in [6.45, 7) is 1.38. The third-order valence-electron chi connectivity index (χ3n) is 4.81. The summed E-state index contributed by atoms with van der Waals surface area (Å²) in [6, 6.07) is 15.5. The van der Waals surface area contributed by atoms with Crippen molar-refractivity contribution in [2.45, 2.75) is 18.0 Å². The van der Waals surface area contributed by atoms with Crippen LogP contribution in [0.1, 0.15) is 11.1 Å². The highest BCUT2D eigenvalue weighted by Crippen LogP contribution is 2.36. The van der Waals surface area contributed by atoms with Crippen molar-refractivity contribution < 1.29 is 31.1 Å². The molecule has 0 aliphatic rings. The van der Waals surface area contributed by atoms with E-state index in [1.54, 1.807) is 12.1 Å². The van der Waals surface area contributed by atoms with E-state index in [4.69, 9.17) is 16.3 Å². The van der Waals surface area contributed by atoms with Crippen molar-refractivity contribution in [2.24, 2.45) is 0 Å². The van der Waals surface area contributed by atoms with Gasteiger partial charge in [-0.25, -0.2) is 8.42 Å². The minimum absolute atomic E-state index is 0.0800. The first kappa shape index (κ1) is 25.4. The lowest BCUT2D eigenvalue weighted by molar-refractivity contribution is -0.137. The van der Waals surface area contributed by atoms with Crippen molar-refractivity contribution in [3.05, 3.63) is 82.9 Å². The minimum Gasteiger partial charge on any atom is -0.484 e. The maximum Gasteiger partial charge on any atom is 0.417 e. The zero-order valence-corrected chi connectivity index (χ0v) is 19.6. The zero-order valence-electron chi connectivity index (χ0n) is 18.1. The Labute approximate surface area is 200 Å². The van der Waals surface area contributed by atoms with Crippen LogP contribution in [0.3, 0.4) is 0 Å². The fraction of sp³-hybridized carbons (Fsp3) is 0.174. The van der Waals surface area contributed by atoms with Crippen molar-refractivity contribution >= 4 is 38.9 Å². The molecule has 0 atom stereocenters. The van der Waals surface area contributed by atoms with Crippen LogP contribution in [-0.2, 0) is 21.0 Å². The second-order valence-electron chi connectivity index (χ2n) is 7.31. The topological polar surface area (TPSA) is 75.7 Å². The molecule has 0 aromatic heterocycles. The van der Waals surface area contributed by atoms with Crippen LogP contribution >= 0.6 is 11.6 Å². The predicted molar refractivity (Wildman–Crippen MR) is 124 cm³/mol. The molecule has 0 radical (unpaired) electrons. The van der Waals surface area contributed by atoms with Crippen LogP contribution in [0.5, 0.6) is 5.75 Å². The number of benzene rings is 3. The maximum absolute atomic E-state index is 12.9. The lowest BCUT2D eigenvalue weighted by atomic mass is 10.2. The molecular weight excluding hydrogens is 493 g/mol. The van der Waals surface area contributed by atoms with Crippen molar-refractivity contribution in [3.63, 3.8) is 0 Å². The van der Waals surface area contributed by atoms with E-state index in [1.165, 1.54) is 49.5 Å². The molecule has 0 unspecified atom stereocenters. The van der Waals surface area contributed by atoms with E-state index in [0.29, 0.717) is 5.69 Å². The summed E-state index contributed by atoms with van der Waals surface area (Å²) in [6.07, 6.45) is -4.66. The predicted octanol–water partition coefficient (Wildman–Crippen LogP) is 5.51. The summed E-state index contributed by atoms with van der Waals surface area (Å²) in [5.74, 6) is -0.411. The highest BCUT2D eigenvalue weighted by atomic mass is 35.5. The standard InChI is InChI=1S/C23H20ClF3N2O4S/c1-15-3-10-19(11-4-15)34(31,32)29(2)17-6-8-18(9-7-17)33-14-22(30)28-16-5-12-21(24)20(13-16)23(25,26)27/h3-13H,14H2,1-2H3,(H,28,30). The van der Waals surface area contributed by atoms with Gasteiger partial charge in [-0.15, -0.1) is 0 Å². The maximum atomic E-state index is 12.9. The number of nitrogens with one attached hydrogen (secondary N) is 1. The number of rotatable bonds is 7. The number of alkyl halides is 3. The number of sulfonamides is 1. The Kier molecular flexibility index (Phi) is 7.42. The fourth-order valence-electron chi connectivity index (χ4n) is 2.93. The van der Waals surface area contributed by atoms with Crippen LogP contribution in [0.2, 0.25) is 5.02 Å². The number of anilines is 2. The summed E-state index contributed by atoms with van der Waals surface area (Å²) in [7, 11) is -2.34. The minimum atomic E-state index is -4.66. The molecule has 3 rings (SSSR count). The first-order valence-corrected chi connectivity index (χ1v) is 11.6. The van der Waals surface area contributed by atoms with Gasteiger partial charge >= 0.3 is 6.18 Å². The molecule has 11 heteroatoms. The number of nitrogens with zero attached hydrogens (tertiary/aromatic N) is 1. The van der Waals surface area contributed by atoms with E-state index in [1.807, 2.05) is 6.92 Å². The van der Waals surface area contributed by atoms with Gasteiger partial charge < -0.3 is 10.1 Å². The summed E-state index contributed by atoms with van der Waals surface area (Å²) >= 11 is 5.56. The van der Waals surface area contributed by atoms with E-state index >= 15 is 0 Å². The second kappa shape index (κ2) is 9.94. The van der Waals surface area contributed by atoms with Gasteiger partial charge in [-0.1, -0.05) is 29.3 Å². The molecule has 180 valence electrons. The molecule has 0 saturated heterocycles. The highest BCUT2D eigenvalue weighted by molar-refractivity contribution is 7.92. The molecule has 3 aromatic rings. The number of hydrogen-bond acceptors (Lipinski definition) is 4. The molecule has 1 amide bonds. The Bertz CT molecular complexity index is 1280. The highest BCUT2D eigenvalue weighted by Gasteiger charge is 2.33. The van der Waals surface area contributed by atoms with Crippen LogP contribution in [-0.4, -0.2) is 28.0 Å². The molecule has 0 aliphatic carbocycles. The SMILES string of the molecule is Cc1ccc(S(=O)(=O)N(C)c2ccc(OCC(=O)Nc3ccc(Cl)c(C(F)(F)F)c3)cc2)cc1. The number of amides is 1. The van der Waals surface area contributed by atoms with Gasteiger partial charge in [-0.2, -0.15) is 13.2 Å². The Morgan fingerprint density at radius 2 is 1.65 bits per heavy atom. The van der Waals surface area contributed by atoms with Crippen molar-refractivity contribution in [2.75, 3.05) is 23.3 Å². The summed E-state index contributed by atoms with van der Waals surface area (Å²) in [5.41, 5.74) is 0.166. The van der Waals surface area contributed by atoms with E-state index < -0.39 is 39.3 Å². The van der Waals surface area contributed by atoms with E-state index in [-0.39, 0.29) is 16.3 Å².